The first-order chi connectivity index (χ1) is 12.5. The molecule has 0 fully saturated rings. The van der Waals surface area contributed by atoms with E-state index < -0.39 is 16.7 Å². The molecule has 0 aromatic heterocycles. The molecule has 0 unspecified atom stereocenters. The molecule has 0 radical (unpaired) electrons. The molecule has 9 heteroatoms. The minimum absolute atomic E-state index is 0.0542. The summed E-state index contributed by atoms with van der Waals surface area (Å²) in [5.74, 6) is -0.490. The zero-order chi connectivity index (χ0) is 19.1. The summed E-state index contributed by atoms with van der Waals surface area (Å²) in [5.41, 5.74) is 5.23. The summed E-state index contributed by atoms with van der Waals surface area (Å²) in [5, 5.41) is 10.6. The number of nitrogens with zero attached hydrogens (tertiary/aromatic N) is 1. The second kappa shape index (κ2) is 8.47. The lowest BCUT2D eigenvalue weighted by molar-refractivity contribution is -0.384. The zero-order valence-corrected chi connectivity index (χ0v) is 14.1. The van der Waals surface area contributed by atoms with Crippen LogP contribution < -0.4 is 20.3 Å². The van der Waals surface area contributed by atoms with Gasteiger partial charge in [0.25, 0.3) is 11.6 Å². The number of amides is 2. The molecular weight excluding hydrogens is 342 g/mol. The Morgan fingerprint density at radius 3 is 2.08 bits per heavy atom. The maximum absolute atomic E-state index is 12.3. The molecule has 2 N–H and O–H groups in total. The minimum atomic E-state index is -0.601. The lowest BCUT2D eigenvalue weighted by atomic mass is 10.1. The molecule has 0 atom stereocenters. The number of hydrazine groups is 1. The quantitative estimate of drug-likeness (QED) is 0.597. The highest BCUT2D eigenvalue weighted by molar-refractivity contribution is 6.00. The number of benzene rings is 2. The predicted molar refractivity (Wildman–Crippen MR) is 92.0 cm³/mol. The van der Waals surface area contributed by atoms with Crippen molar-refractivity contribution >= 4 is 17.5 Å². The number of ether oxygens (including phenoxy) is 2. The highest BCUT2D eigenvalue weighted by atomic mass is 16.6. The van der Waals surface area contributed by atoms with Crippen LogP contribution in [-0.2, 0) is 11.2 Å². The summed E-state index contributed by atoms with van der Waals surface area (Å²) in [7, 11) is 2.83. The number of hydrogen-bond donors (Lipinski definition) is 2. The second-order valence-corrected chi connectivity index (χ2v) is 5.14. The van der Waals surface area contributed by atoms with Crippen LogP contribution in [0.4, 0.5) is 5.69 Å². The van der Waals surface area contributed by atoms with Gasteiger partial charge < -0.3 is 9.47 Å². The minimum Gasteiger partial charge on any atom is -0.496 e. The smallest absolute Gasteiger partial charge is 0.277 e. The molecule has 0 saturated carbocycles. The van der Waals surface area contributed by atoms with E-state index in [4.69, 9.17) is 9.47 Å². The van der Waals surface area contributed by atoms with Crippen LogP contribution in [0.15, 0.2) is 42.5 Å². The van der Waals surface area contributed by atoms with E-state index in [-0.39, 0.29) is 17.7 Å². The summed E-state index contributed by atoms with van der Waals surface area (Å²) < 4.78 is 10.3. The number of methoxy groups -OCH3 is 2. The van der Waals surface area contributed by atoms with E-state index in [2.05, 4.69) is 10.9 Å². The molecule has 2 aromatic rings. The molecule has 0 aliphatic rings. The number of non-ortho nitro benzene ring substituents is 1. The largest absolute Gasteiger partial charge is 0.496 e. The van der Waals surface area contributed by atoms with Gasteiger partial charge in [0.1, 0.15) is 17.1 Å². The van der Waals surface area contributed by atoms with Crippen LogP contribution in [-0.4, -0.2) is 31.0 Å². The number of rotatable bonds is 6. The average molecular weight is 359 g/mol. The standard InChI is InChI=1S/C17H17N3O6/c1-25-13-4-3-5-14(26-2)16(13)17(22)19-18-15(21)10-11-6-8-12(9-7-11)20(23)24/h3-9H,10H2,1-2H3,(H,18,21)(H,19,22). The molecule has 0 aliphatic carbocycles. The topological polar surface area (TPSA) is 120 Å². The van der Waals surface area contributed by atoms with Gasteiger partial charge in [0.05, 0.1) is 25.6 Å². The van der Waals surface area contributed by atoms with Gasteiger partial charge in [0, 0.05) is 12.1 Å². The third-order valence-corrected chi connectivity index (χ3v) is 3.48. The molecule has 2 aromatic carbocycles. The first-order valence-corrected chi connectivity index (χ1v) is 7.49. The lowest BCUT2D eigenvalue weighted by Gasteiger charge is -2.13. The fourth-order valence-corrected chi connectivity index (χ4v) is 2.23. The van der Waals surface area contributed by atoms with Crippen molar-refractivity contribution in [2.75, 3.05) is 14.2 Å². The van der Waals surface area contributed by atoms with Gasteiger partial charge in [0.15, 0.2) is 0 Å². The van der Waals surface area contributed by atoms with Gasteiger partial charge in [-0.05, 0) is 17.7 Å². The first kappa shape index (κ1) is 18.7. The molecule has 2 rings (SSSR count). The van der Waals surface area contributed by atoms with Crippen molar-refractivity contribution in [3.05, 3.63) is 63.7 Å². The van der Waals surface area contributed by atoms with E-state index in [0.717, 1.165) is 0 Å². The van der Waals surface area contributed by atoms with E-state index in [0.29, 0.717) is 17.1 Å². The molecule has 0 saturated heterocycles. The third kappa shape index (κ3) is 4.47. The lowest BCUT2D eigenvalue weighted by Crippen LogP contribution is -2.42. The van der Waals surface area contributed by atoms with Crippen molar-refractivity contribution in [1.29, 1.82) is 0 Å². The van der Waals surface area contributed by atoms with Crippen LogP contribution >= 0.6 is 0 Å². The van der Waals surface area contributed by atoms with Gasteiger partial charge >= 0.3 is 0 Å². The predicted octanol–water partition coefficient (Wildman–Crippen LogP) is 1.62. The van der Waals surface area contributed by atoms with Gasteiger partial charge in [-0.15, -0.1) is 0 Å². The molecule has 0 spiro atoms. The number of carbonyl (C=O) groups is 2. The Hall–Kier alpha value is -3.62. The van der Waals surface area contributed by atoms with Gasteiger partial charge in [-0.3, -0.25) is 30.6 Å². The van der Waals surface area contributed by atoms with Crippen LogP contribution in [0, 0.1) is 10.1 Å². The molecule has 2 amide bonds. The van der Waals surface area contributed by atoms with Crippen molar-refractivity contribution in [2.24, 2.45) is 0 Å². The average Bonchev–Trinajstić information content (AvgIpc) is 2.65. The summed E-state index contributed by atoms with van der Waals surface area (Å²) in [6, 6.07) is 10.4. The van der Waals surface area contributed by atoms with Crippen LogP contribution in [0.1, 0.15) is 15.9 Å². The van der Waals surface area contributed by atoms with Crippen LogP contribution in [0.5, 0.6) is 11.5 Å². The molecule has 0 bridgehead atoms. The summed E-state index contributed by atoms with van der Waals surface area (Å²) >= 11 is 0. The number of hydrogen-bond acceptors (Lipinski definition) is 6. The van der Waals surface area contributed by atoms with E-state index >= 15 is 0 Å². The summed E-state index contributed by atoms with van der Waals surface area (Å²) in [6.45, 7) is 0. The van der Waals surface area contributed by atoms with Crippen molar-refractivity contribution in [3.8, 4) is 11.5 Å². The van der Waals surface area contributed by atoms with Gasteiger partial charge in [-0.2, -0.15) is 0 Å². The van der Waals surface area contributed by atoms with E-state index in [1.165, 1.54) is 38.5 Å². The Morgan fingerprint density at radius 1 is 1.00 bits per heavy atom. The summed E-state index contributed by atoms with van der Waals surface area (Å²) in [6.07, 6.45) is -0.0542. The number of carbonyl (C=O) groups excluding carboxylic acids is 2. The van der Waals surface area contributed by atoms with Gasteiger partial charge in [0.2, 0.25) is 5.91 Å². The fourth-order valence-electron chi connectivity index (χ4n) is 2.23. The van der Waals surface area contributed by atoms with Crippen molar-refractivity contribution in [3.63, 3.8) is 0 Å². The summed E-state index contributed by atoms with van der Waals surface area (Å²) in [4.78, 5) is 34.4. The Labute approximate surface area is 149 Å². The molecule has 0 heterocycles. The van der Waals surface area contributed by atoms with Crippen LogP contribution in [0.3, 0.4) is 0 Å². The fraction of sp³-hybridized carbons (Fsp3) is 0.176. The number of nitro groups is 1. The maximum Gasteiger partial charge on any atom is 0.277 e. The normalized spacial score (nSPS) is 9.92. The number of nitro benzene ring substituents is 1. The number of nitrogens with one attached hydrogen (secondary N) is 2. The monoisotopic (exact) mass is 359 g/mol. The van der Waals surface area contributed by atoms with Gasteiger partial charge in [-0.25, -0.2) is 0 Å². The second-order valence-electron chi connectivity index (χ2n) is 5.14. The van der Waals surface area contributed by atoms with E-state index in [1.54, 1.807) is 18.2 Å². The Kier molecular flexibility index (Phi) is 6.10. The Balaban J connectivity index is 1.99. The van der Waals surface area contributed by atoms with E-state index in [1.807, 2.05) is 0 Å². The zero-order valence-electron chi connectivity index (χ0n) is 14.1. The van der Waals surface area contributed by atoms with Crippen LogP contribution in [0.2, 0.25) is 0 Å². The molecule has 0 aliphatic heterocycles. The van der Waals surface area contributed by atoms with Crippen molar-refractivity contribution in [1.82, 2.24) is 10.9 Å². The Morgan fingerprint density at radius 2 is 1.58 bits per heavy atom. The van der Waals surface area contributed by atoms with Crippen molar-refractivity contribution in [2.45, 2.75) is 6.42 Å². The molecule has 136 valence electrons. The van der Waals surface area contributed by atoms with Crippen LogP contribution in [0.25, 0.3) is 0 Å². The first-order valence-electron chi connectivity index (χ1n) is 7.49. The Bertz CT molecular complexity index is 797. The molecule has 26 heavy (non-hydrogen) atoms. The SMILES string of the molecule is COc1cccc(OC)c1C(=O)NNC(=O)Cc1ccc([N+](=O)[O-])cc1. The van der Waals surface area contributed by atoms with Gasteiger partial charge in [-0.1, -0.05) is 18.2 Å². The third-order valence-electron chi connectivity index (χ3n) is 3.48. The molecule has 9 nitrogen and oxygen atoms in total. The molecular formula is C17H17N3O6. The highest BCUT2D eigenvalue weighted by Gasteiger charge is 2.18. The highest BCUT2D eigenvalue weighted by Crippen LogP contribution is 2.27. The van der Waals surface area contributed by atoms with E-state index in [9.17, 15) is 19.7 Å². The maximum atomic E-state index is 12.3. The van der Waals surface area contributed by atoms with Crippen molar-refractivity contribution < 1.29 is 24.0 Å².